The lowest BCUT2D eigenvalue weighted by Gasteiger charge is -2.08. The van der Waals surface area contributed by atoms with Gasteiger partial charge >= 0.3 is 0 Å². The molecule has 1 aromatic carbocycles. The fourth-order valence-corrected chi connectivity index (χ4v) is 0.906. The predicted octanol–water partition coefficient (Wildman–Crippen LogP) is 2.03. The molecule has 0 unspecified atom stereocenters. The molecule has 0 fully saturated rings. The number of hydrogen-bond donors (Lipinski definition) is 1. The zero-order valence-electron chi connectivity index (χ0n) is 8.38. The van der Waals surface area contributed by atoms with Crippen molar-refractivity contribution in [3.63, 3.8) is 0 Å². The van der Waals surface area contributed by atoms with Crippen molar-refractivity contribution in [1.29, 1.82) is 0 Å². The van der Waals surface area contributed by atoms with Gasteiger partial charge < -0.3 is 0 Å². The van der Waals surface area contributed by atoms with Crippen molar-refractivity contribution < 1.29 is 18.4 Å². The maximum absolute atomic E-state index is 13.1. The van der Waals surface area contributed by atoms with Gasteiger partial charge in [-0.3, -0.25) is 9.63 Å². The molecule has 1 N–H and O–H groups in total. The standard InChI is InChI=1S/C10H11F2NO2/c1-6(2)15-13-10(14)7-4-3-5-8(11)9(7)12/h3-6H,1-2H3,(H,13,14). The van der Waals surface area contributed by atoms with Crippen LogP contribution in [0, 0.1) is 11.6 Å². The Morgan fingerprint density at radius 3 is 2.67 bits per heavy atom. The van der Waals surface area contributed by atoms with E-state index in [4.69, 9.17) is 4.84 Å². The van der Waals surface area contributed by atoms with Gasteiger partial charge in [-0.05, 0) is 26.0 Å². The zero-order valence-corrected chi connectivity index (χ0v) is 8.38. The largest absolute Gasteiger partial charge is 0.277 e. The summed E-state index contributed by atoms with van der Waals surface area (Å²) in [6.45, 7) is 3.39. The van der Waals surface area contributed by atoms with E-state index in [2.05, 4.69) is 0 Å². The van der Waals surface area contributed by atoms with Crippen molar-refractivity contribution in [3.05, 3.63) is 35.4 Å². The van der Waals surface area contributed by atoms with Crippen molar-refractivity contribution in [1.82, 2.24) is 5.48 Å². The van der Waals surface area contributed by atoms with E-state index in [-0.39, 0.29) is 11.7 Å². The monoisotopic (exact) mass is 215 g/mol. The van der Waals surface area contributed by atoms with Gasteiger partial charge in [0.1, 0.15) is 0 Å². The Labute approximate surface area is 86.0 Å². The smallest absolute Gasteiger partial charge is 0.271 e. The third-order valence-electron chi connectivity index (χ3n) is 1.58. The Bertz CT molecular complexity index is 366. The molecule has 0 radical (unpaired) electrons. The number of carbonyl (C=O) groups excluding carboxylic acids is 1. The van der Waals surface area contributed by atoms with Crippen LogP contribution in [0.1, 0.15) is 24.2 Å². The van der Waals surface area contributed by atoms with Crippen LogP contribution >= 0.6 is 0 Å². The van der Waals surface area contributed by atoms with Crippen LogP contribution in [-0.4, -0.2) is 12.0 Å². The number of rotatable bonds is 3. The van der Waals surface area contributed by atoms with E-state index in [0.717, 1.165) is 6.07 Å². The quantitative estimate of drug-likeness (QED) is 0.783. The molecule has 0 saturated heterocycles. The van der Waals surface area contributed by atoms with Crippen LogP contribution in [0.25, 0.3) is 0 Å². The third-order valence-corrected chi connectivity index (χ3v) is 1.58. The highest BCUT2D eigenvalue weighted by atomic mass is 19.2. The molecule has 0 bridgehead atoms. The van der Waals surface area contributed by atoms with Gasteiger partial charge in [-0.25, -0.2) is 14.3 Å². The summed E-state index contributed by atoms with van der Waals surface area (Å²) in [7, 11) is 0. The summed E-state index contributed by atoms with van der Waals surface area (Å²) in [6.07, 6.45) is -0.231. The summed E-state index contributed by atoms with van der Waals surface area (Å²) < 4.78 is 25.8. The van der Waals surface area contributed by atoms with Crippen LogP contribution in [-0.2, 0) is 4.84 Å². The molecule has 0 aliphatic carbocycles. The van der Waals surface area contributed by atoms with Gasteiger partial charge in [0, 0.05) is 0 Å². The molecule has 1 rings (SSSR count). The third kappa shape index (κ3) is 2.99. The molecule has 0 aliphatic heterocycles. The Kier molecular flexibility index (Phi) is 3.74. The first-order valence-corrected chi connectivity index (χ1v) is 4.42. The average molecular weight is 215 g/mol. The second-order valence-corrected chi connectivity index (χ2v) is 3.20. The molecule has 0 aromatic heterocycles. The fourth-order valence-electron chi connectivity index (χ4n) is 0.906. The molecule has 3 nitrogen and oxygen atoms in total. The van der Waals surface area contributed by atoms with Gasteiger partial charge in [0.05, 0.1) is 11.7 Å². The fraction of sp³-hybridized carbons (Fsp3) is 0.300. The Hall–Kier alpha value is -1.49. The van der Waals surface area contributed by atoms with Crippen LogP contribution in [0.2, 0.25) is 0 Å². The lowest BCUT2D eigenvalue weighted by Crippen LogP contribution is -2.27. The SMILES string of the molecule is CC(C)ONC(=O)c1cccc(F)c1F. The predicted molar refractivity (Wildman–Crippen MR) is 50.0 cm³/mol. The maximum atomic E-state index is 13.1. The molecular formula is C10H11F2NO2. The summed E-state index contributed by atoms with van der Waals surface area (Å²) in [5.74, 6) is -3.05. The number of halogens is 2. The molecule has 1 amide bonds. The second-order valence-electron chi connectivity index (χ2n) is 3.20. The summed E-state index contributed by atoms with van der Waals surface area (Å²) in [5.41, 5.74) is 1.64. The lowest BCUT2D eigenvalue weighted by atomic mass is 10.2. The molecule has 0 heterocycles. The minimum absolute atomic E-state index is 0.231. The van der Waals surface area contributed by atoms with Crippen molar-refractivity contribution in [3.8, 4) is 0 Å². The van der Waals surface area contributed by atoms with Crippen LogP contribution < -0.4 is 5.48 Å². The van der Waals surface area contributed by atoms with Gasteiger partial charge in [-0.15, -0.1) is 0 Å². The normalized spacial score (nSPS) is 10.5. The zero-order chi connectivity index (χ0) is 11.4. The summed E-state index contributed by atoms with van der Waals surface area (Å²) in [4.78, 5) is 16.0. The van der Waals surface area contributed by atoms with E-state index in [0.29, 0.717) is 0 Å². The van der Waals surface area contributed by atoms with Crippen LogP contribution in [0.15, 0.2) is 18.2 Å². The van der Waals surface area contributed by atoms with Crippen molar-refractivity contribution >= 4 is 5.91 Å². The topological polar surface area (TPSA) is 38.3 Å². The minimum atomic E-state index is -1.18. The first-order valence-electron chi connectivity index (χ1n) is 4.42. The first-order chi connectivity index (χ1) is 7.02. The van der Waals surface area contributed by atoms with E-state index < -0.39 is 17.5 Å². The number of hydroxylamine groups is 1. The van der Waals surface area contributed by atoms with E-state index >= 15 is 0 Å². The van der Waals surface area contributed by atoms with Gasteiger partial charge in [-0.2, -0.15) is 0 Å². The van der Waals surface area contributed by atoms with E-state index in [1.807, 2.05) is 5.48 Å². The van der Waals surface area contributed by atoms with E-state index in [1.54, 1.807) is 13.8 Å². The molecule has 1 aromatic rings. The number of hydrogen-bond acceptors (Lipinski definition) is 2. The van der Waals surface area contributed by atoms with E-state index in [1.165, 1.54) is 12.1 Å². The van der Waals surface area contributed by atoms with Gasteiger partial charge in [0.2, 0.25) is 0 Å². The number of carbonyl (C=O) groups is 1. The summed E-state index contributed by atoms with van der Waals surface area (Å²) in [5, 5.41) is 0. The number of nitrogens with one attached hydrogen (secondary N) is 1. The molecule has 15 heavy (non-hydrogen) atoms. The van der Waals surface area contributed by atoms with Crippen LogP contribution in [0.4, 0.5) is 8.78 Å². The van der Waals surface area contributed by atoms with Crippen molar-refractivity contribution in [2.24, 2.45) is 0 Å². The summed E-state index contributed by atoms with van der Waals surface area (Å²) >= 11 is 0. The molecule has 0 atom stereocenters. The molecule has 5 heteroatoms. The average Bonchev–Trinajstić information content (AvgIpc) is 2.18. The van der Waals surface area contributed by atoms with Gasteiger partial charge in [0.25, 0.3) is 5.91 Å². The number of amides is 1. The molecule has 0 saturated carbocycles. The lowest BCUT2D eigenvalue weighted by molar-refractivity contribution is -0.000109. The number of benzene rings is 1. The van der Waals surface area contributed by atoms with Crippen molar-refractivity contribution in [2.45, 2.75) is 20.0 Å². The van der Waals surface area contributed by atoms with Gasteiger partial charge in [-0.1, -0.05) is 6.07 Å². The summed E-state index contributed by atoms with van der Waals surface area (Å²) in [6, 6.07) is 3.37. The van der Waals surface area contributed by atoms with Gasteiger partial charge in [0.15, 0.2) is 11.6 Å². The highest BCUT2D eigenvalue weighted by Crippen LogP contribution is 2.10. The molecule has 0 spiro atoms. The minimum Gasteiger partial charge on any atom is -0.271 e. The van der Waals surface area contributed by atoms with Crippen LogP contribution in [0.5, 0.6) is 0 Å². The van der Waals surface area contributed by atoms with Crippen molar-refractivity contribution in [2.75, 3.05) is 0 Å². The van der Waals surface area contributed by atoms with Crippen LogP contribution in [0.3, 0.4) is 0 Å². The first kappa shape index (κ1) is 11.6. The Morgan fingerprint density at radius 2 is 2.07 bits per heavy atom. The molecule has 0 aliphatic rings. The molecule has 82 valence electrons. The highest BCUT2D eigenvalue weighted by molar-refractivity contribution is 5.93. The Morgan fingerprint density at radius 1 is 1.40 bits per heavy atom. The Balaban J connectivity index is 2.78. The maximum Gasteiger partial charge on any atom is 0.277 e. The highest BCUT2D eigenvalue weighted by Gasteiger charge is 2.15. The molecular weight excluding hydrogens is 204 g/mol. The second kappa shape index (κ2) is 4.84. The van der Waals surface area contributed by atoms with E-state index in [9.17, 15) is 13.6 Å².